The van der Waals surface area contributed by atoms with Crippen LogP contribution in [0.2, 0.25) is 0 Å². The van der Waals surface area contributed by atoms with Crippen molar-refractivity contribution >= 4 is 43.5 Å². The summed E-state index contributed by atoms with van der Waals surface area (Å²) < 4.78 is 38.8. The van der Waals surface area contributed by atoms with Crippen LogP contribution in [-0.2, 0) is 32.6 Å². The van der Waals surface area contributed by atoms with Gasteiger partial charge in [-0.25, -0.2) is 8.42 Å². The molecule has 1 N–H and O–H groups in total. The fourth-order valence-electron chi connectivity index (χ4n) is 5.36. The molecule has 1 fully saturated rings. The highest BCUT2D eigenvalue weighted by molar-refractivity contribution is 9.10. The van der Waals surface area contributed by atoms with E-state index in [4.69, 9.17) is 9.47 Å². The lowest BCUT2D eigenvalue weighted by Crippen LogP contribution is -2.54. The highest BCUT2D eigenvalue weighted by atomic mass is 79.9. The summed E-state index contributed by atoms with van der Waals surface area (Å²) in [5, 5.41) is 3.17. The molecule has 5 rings (SSSR count). The fraction of sp³-hybridized carbons (Fsp3) is 0.355. The summed E-state index contributed by atoms with van der Waals surface area (Å²) in [4.78, 5) is 29.6. The van der Waals surface area contributed by atoms with E-state index in [1.807, 2.05) is 54.6 Å². The van der Waals surface area contributed by atoms with Crippen LogP contribution in [0, 0.1) is 0 Å². The molecule has 1 aliphatic heterocycles. The van der Waals surface area contributed by atoms with E-state index in [1.54, 1.807) is 18.2 Å². The number of hydrogen-bond donors (Lipinski definition) is 1. The zero-order valence-corrected chi connectivity index (χ0v) is 25.8. The number of carbonyl (C=O) groups is 2. The van der Waals surface area contributed by atoms with E-state index in [1.165, 1.54) is 4.90 Å². The molecule has 0 radical (unpaired) electrons. The molecule has 3 aromatic carbocycles. The van der Waals surface area contributed by atoms with Crippen LogP contribution < -0.4 is 19.1 Å². The van der Waals surface area contributed by atoms with Gasteiger partial charge in [-0.2, -0.15) is 0 Å². The Balaban J connectivity index is 1.50. The Morgan fingerprint density at radius 3 is 2.33 bits per heavy atom. The van der Waals surface area contributed by atoms with Crippen molar-refractivity contribution in [2.24, 2.45) is 0 Å². The normalized spacial score (nSPS) is 15.3. The standard InChI is InChI=1S/C31H34BrN3O6S/c1-42(38,39)35(26-15-16-28-29(18-26)41-21-40-28)20-30(36)34(19-23-11-13-24(32)14-12-23)27(17-22-7-3-2-4-8-22)31(37)33-25-9-5-6-10-25/h2-4,7-8,11-16,18,25,27H,5-6,9-10,17,19-21H2,1H3,(H,33,37). The molecule has 1 saturated carbocycles. The summed E-state index contributed by atoms with van der Waals surface area (Å²) >= 11 is 3.45. The highest BCUT2D eigenvalue weighted by Crippen LogP contribution is 2.36. The predicted octanol–water partition coefficient (Wildman–Crippen LogP) is 4.64. The van der Waals surface area contributed by atoms with Crippen molar-refractivity contribution < 1.29 is 27.5 Å². The lowest BCUT2D eigenvalue weighted by molar-refractivity contribution is -0.140. The van der Waals surface area contributed by atoms with Crippen LogP contribution in [0.25, 0.3) is 0 Å². The van der Waals surface area contributed by atoms with Crippen LogP contribution in [0.5, 0.6) is 11.5 Å². The second kappa shape index (κ2) is 13.2. The van der Waals surface area contributed by atoms with Gasteiger partial charge >= 0.3 is 0 Å². The topological polar surface area (TPSA) is 105 Å². The first-order chi connectivity index (χ1) is 20.2. The summed E-state index contributed by atoms with van der Waals surface area (Å²) in [5.74, 6) is 0.161. The summed E-state index contributed by atoms with van der Waals surface area (Å²) in [6.07, 6.45) is 5.24. The van der Waals surface area contributed by atoms with Gasteiger partial charge in [0.05, 0.1) is 11.9 Å². The minimum atomic E-state index is -3.88. The van der Waals surface area contributed by atoms with E-state index in [2.05, 4.69) is 21.2 Å². The number of benzene rings is 3. The summed E-state index contributed by atoms with van der Waals surface area (Å²) in [7, 11) is -3.88. The number of ether oxygens (including phenoxy) is 2. The summed E-state index contributed by atoms with van der Waals surface area (Å²) in [6, 6.07) is 21.0. The van der Waals surface area contributed by atoms with Crippen molar-refractivity contribution in [1.29, 1.82) is 0 Å². The Labute approximate surface area is 255 Å². The number of halogens is 1. The Bertz CT molecular complexity index is 1510. The number of hydrogen-bond acceptors (Lipinski definition) is 6. The second-order valence-electron chi connectivity index (χ2n) is 10.7. The van der Waals surface area contributed by atoms with Gasteiger partial charge < -0.3 is 19.7 Å². The molecular formula is C31H34BrN3O6S. The van der Waals surface area contributed by atoms with Crippen LogP contribution in [0.4, 0.5) is 5.69 Å². The monoisotopic (exact) mass is 655 g/mol. The molecule has 9 nitrogen and oxygen atoms in total. The molecule has 2 aliphatic rings. The van der Waals surface area contributed by atoms with Crippen LogP contribution in [0.15, 0.2) is 77.3 Å². The molecule has 1 atom stereocenters. The first kappa shape index (κ1) is 29.9. The molecule has 3 aromatic rings. The third-order valence-electron chi connectivity index (χ3n) is 7.56. The SMILES string of the molecule is CS(=O)(=O)N(CC(=O)N(Cc1ccc(Br)cc1)C(Cc1ccccc1)C(=O)NC1CCCC1)c1ccc2c(c1)OCO2. The number of nitrogens with one attached hydrogen (secondary N) is 1. The average molecular weight is 657 g/mol. The molecule has 1 unspecified atom stereocenters. The Hall–Kier alpha value is -3.57. The Morgan fingerprint density at radius 1 is 0.952 bits per heavy atom. The third-order valence-corrected chi connectivity index (χ3v) is 9.23. The van der Waals surface area contributed by atoms with Crippen LogP contribution in [0.1, 0.15) is 36.8 Å². The van der Waals surface area contributed by atoms with E-state index in [9.17, 15) is 18.0 Å². The average Bonchev–Trinajstić information content (AvgIpc) is 3.66. The molecule has 0 spiro atoms. The molecule has 11 heteroatoms. The molecule has 2 amide bonds. The molecule has 0 saturated heterocycles. The van der Waals surface area contributed by atoms with E-state index in [-0.39, 0.29) is 37.4 Å². The van der Waals surface area contributed by atoms with Crippen molar-refractivity contribution in [3.63, 3.8) is 0 Å². The molecule has 222 valence electrons. The number of fused-ring (bicyclic) bond motifs is 1. The van der Waals surface area contributed by atoms with E-state index >= 15 is 0 Å². The van der Waals surface area contributed by atoms with Crippen molar-refractivity contribution in [3.05, 3.63) is 88.4 Å². The maximum Gasteiger partial charge on any atom is 0.244 e. The minimum Gasteiger partial charge on any atom is -0.454 e. The fourth-order valence-corrected chi connectivity index (χ4v) is 6.47. The lowest BCUT2D eigenvalue weighted by atomic mass is 10.0. The lowest BCUT2D eigenvalue weighted by Gasteiger charge is -2.34. The van der Waals surface area contributed by atoms with Crippen molar-refractivity contribution in [2.45, 2.75) is 50.7 Å². The highest BCUT2D eigenvalue weighted by Gasteiger charge is 2.34. The van der Waals surface area contributed by atoms with Gasteiger partial charge in [0.15, 0.2) is 11.5 Å². The smallest absolute Gasteiger partial charge is 0.244 e. The second-order valence-corrected chi connectivity index (χ2v) is 13.5. The Kier molecular flexibility index (Phi) is 9.37. The van der Waals surface area contributed by atoms with Gasteiger partial charge in [0, 0.05) is 29.5 Å². The van der Waals surface area contributed by atoms with Gasteiger partial charge in [0.25, 0.3) is 0 Å². The van der Waals surface area contributed by atoms with Gasteiger partial charge in [0.1, 0.15) is 12.6 Å². The quantitative estimate of drug-likeness (QED) is 0.323. The van der Waals surface area contributed by atoms with Crippen molar-refractivity contribution in [1.82, 2.24) is 10.2 Å². The van der Waals surface area contributed by atoms with Gasteiger partial charge in [-0.1, -0.05) is 71.2 Å². The molecule has 0 bridgehead atoms. The zero-order valence-electron chi connectivity index (χ0n) is 23.4. The number of anilines is 1. The first-order valence-corrected chi connectivity index (χ1v) is 16.6. The first-order valence-electron chi connectivity index (χ1n) is 13.9. The number of nitrogens with zero attached hydrogens (tertiary/aromatic N) is 2. The minimum absolute atomic E-state index is 0.0365. The van der Waals surface area contributed by atoms with Crippen molar-refractivity contribution in [2.75, 3.05) is 23.9 Å². The van der Waals surface area contributed by atoms with Gasteiger partial charge in [0.2, 0.25) is 28.6 Å². The third kappa shape index (κ3) is 7.43. The van der Waals surface area contributed by atoms with E-state index < -0.39 is 28.5 Å². The van der Waals surface area contributed by atoms with E-state index in [0.717, 1.165) is 51.8 Å². The molecule has 1 aliphatic carbocycles. The van der Waals surface area contributed by atoms with Crippen molar-refractivity contribution in [3.8, 4) is 11.5 Å². The zero-order chi connectivity index (χ0) is 29.7. The Morgan fingerprint density at radius 2 is 1.64 bits per heavy atom. The van der Waals surface area contributed by atoms with Gasteiger partial charge in [-0.15, -0.1) is 0 Å². The number of amides is 2. The van der Waals surface area contributed by atoms with E-state index in [0.29, 0.717) is 11.5 Å². The summed E-state index contributed by atoms with van der Waals surface area (Å²) in [6.45, 7) is -0.327. The van der Waals surface area contributed by atoms with Gasteiger partial charge in [-0.3, -0.25) is 13.9 Å². The molecule has 0 aromatic heterocycles. The van der Waals surface area contributed by atoms with Crippen LogP contribution in [-0.4, -0.2) is 56.8 Å². The number of sulfonamides is 1. The summed E-state index contributed by atoms with van der Waals surface area (Å²) in [5.41, 5.74) is 1.98. The van der Waals surface area contributed by atoms with Gasteiger partial charge in [-0.05, 0) is 48.2 Å². The molecular weight excluding hydrogens is 622 g/mol. The largest absolute Gasteiger partial charge is 0.454 e. The van der Waals surface area contributed by atoms with Crippen LogP contribution >= 0.6 is 15.9 Å². The predicted molar refractivity (Wildman–Crippen MR) is 164 cm³/mol. The number of carbonyl (C=O) groups excluding carboxylic acids is 2. The van der Waals surface area contributed by atoms with Crippen LogP contribution in [0.3, 0.4) is 0 Å². The maximum atomic E-state index is 14.2. The molecule has 42 heavy (non-hydrogen) atoms. The number of rotatable bonds is 11. The molecule has 1 heterocycles. The maximum absolute atomic E-state index is 14.2.